The van der Waals surface area contributed by atoms with Crippen LogP contribution in [-0.2, 0) is 36.8 Å². The summed E-state index contributed by atoms with van der Waals surface area (Å²) in [5.74, 6) is -0.922. The van der Waals surface area contributed by atoms with Gasteiger partial charge in [0.1, 0.15) is 25.4 Å². The lowest BCUT2D eigenvalue weighted by atomic mass is 10.00. The van der Waals surface area contributed by atoms with E-state index in [2.05, 4.69) is 5.32 Å². The second-order valence-electron chi connectivity index (χ2n) is 8.50. The van der Waals surface area contributed by atoms with E-state index in [1.807, 2.05) is 74.5 Å². The minimum atomic E-state index is -0.880. The number of rotatable bonds is 9. The third kappa shape index (κ3) is 6.81. The average Bonchev–Trinajstić information content (AvgIpc) is 3.23. The lowest BCUT2D eigenvalue weighted by molar-refractivity contribution is -0.171. The Labute approximate surface area is 200 Å². The van der Waals surface area contributed by atoms with Crippen LogP contribution in [0.1, 0.15) is 38.3 Å². The molecule has 0 saturated carbocycles. The Kier molecular flexibility index (Phi) is 9.04. The van der Waals surface area contributed by atoms with E-state index in [-0.39, 0.29) is 31.6 Å². The fraction of sp³-hybridized carbons (Fsp3) is 0.423. The lowest BCUT2D eigenvalue weighted by Crippen LogP contribution is -2.54. The van der Waals surface area contributed by atoms with Crippen LogP contribution in [0.15, 0.2) is 60.7 Å². The molecule has 1 saturated heterocycles. The van der Waals surface area contributed by atoms with Gasteiger partial charge in [0, 0.05) is 6.42 Å². The Morgan fingerprint density at radius 1 is 1.03 bits per heavy atom. The molecule has 0 bridgehead atoms. The van der Waals surface area contributed by atoms with Crippen molar-refractivity contribution in [2.24, 2.45) is 5.92 Å². The quantitative estimate of drug-likeness (QED) is 0.565. The Hall–Kier alpha value is -3.39. The molecule has 0 spiro atoms. The number of carbonyl (C=O) groups excluding carboxylic acids is 3. The minimum Gasteiger partial charge on any atom is -0.445 e. The van der Waals surface area contributed by atoms with Crippen molar-refractivity contribution in [1.82, 2.24) is 10.2 Å². The van der Waals surface area contributed by atoms with Gasteiger partial charge in [-0.2, -0.15) is 0 Å². The normalized spacial score (nSPS) is 18.4. The number of ether oxygens (including phenoxy) is 3. The van der Waals surface area contributed by atoms with Crippen molar-refractivity contribution >= 4 is 18.0 Å². The number of carbonyl (C=O) groups is 3. The van der Waals surface area contributed by atoms with E-state index in [0.717, 1.165) is 11.1 Å². The van der Waals surface area contributed by atoms with Crippen molar-refractivity contribution in [3.8, 4) is 0 Å². The van der Waals surface area contributed by atoms with E-state index < -0.39 is 30.4 Å². The van der Waals surface area contributed by atoms with Gasteiger partial charge >= 0.3 is 12.1 Å². The highest BCUT2D eigenvalue weighted by molar-refractivity contribution is 5.86. The highest BCUT2D eigenvalue weighted by Crippen LogP contribution is 2.25. The molecule has 2 amide bonds. The molecule has 0 aromatic heterocycles. The number of benzene rings is 2. The molecular formula is C26H32N2O6. The summed E-state index contributed by atoms with van der Waals surface area (Å²) in [5.41, 5.74) is 1.83. The van der Waals surface area contributed by atoms with Crippen LogP contribution >= 0.6 is 0 Å². The maximum absolute atomic E-state index is 13.5. The van der Waals surface area contributed by atoms with Crippen molar-refractivity contribution in [2.75, 3.05) is 6.73 Å². The first kappa shape index (κ1) is 25.2. The van der Waals surface area contributed by atoms with E-state index in [4.69, 9.17) is 14.2 Å². The van der Waals surface area contributed by atoms with Gasteiger partial charge in [-0.1, -0.05) is 81.4 Å². The van der Waals surface area contributed by atoms with E-state index in [1.54, 1.807) is 6.92 Å². The predicted molar refractivity (Wildman–Crippen MR) is 125 cm³/mol. The predicted octanol–water partition coefficient (Wildman–Crippen LogP) is 3.64. The summed E-state index contributed by atoms with van der Waals surface area (Å²) in [6.45, 7) is 5.45. The molecule has 34 heavy (non-hydrogen) atoms. The Bertz CT molecular complexity index is 950. The van der Waals surface area contributed by atoms with Gasteiger partial charge in [0.15, 0.2) is 0 Å². The number of amides is 2. The smallest absolute Gasteiger partial charge is 0.408 e. The standard InChI is InChI=1S/C26H32N2O6/c1-4-22(29)34-25-21(15-19-11-7-5-8-12-19)28(17-33-25)24(30)23(18(2)3)27-26(31)32-16-20-13-9-6-10-14-20/h5-14,18,21,23,25H,4,15-17H2,1-3H3,(H,27,31)/t21-,23-,25-/m0/s1. The third-order valence-corrected chi connectivity index (χ3v) is 5.62. The molecule has 3 rings (SSSR count). The van der Waals surface area contributed by atoms with E-state index in [1.165, 1.54) is 4.90 Å². The maximum Gasteiger partial charge on any atom is 0.408 e. The van der Waals surface area contributed by atoms with Gasteiger partial charge in [0.05, 0.1) is 0 Å². The van der Waals surface area contributed by atoms with Crippen molar-refractivity contribution in [1.29, 1.82) is 0 Å². The van der Waals surface area contributed by atoms with Crippen LogP contribution in [0.5, 0.6) is 0 Å². The van der Waals surface area contributed by atoms with Crippen molar-refractivity contribution in [2.45, 2.75) is 58.6 Å². The van der Waals surface area contributed by atoms with Crippen LogP contribution in [0.4, 0.5) is 4.79 Å². The van der Waals surface area contributed by atoms with Crippen LogP contribution in [-0.4, -0.2) is 48.0 Å². The largest absolute Gasteiger partial charge is 0.445 e. The molecule has 1 fully saturated rings. The molecule has 1 heterocycles. The van der Waals surface area contributed by atoms with Crippen molar-refractivity contribution in [3.05, 3.63) is 71.8 Å². The minimum absolute atomic E-state index is 0.0397. The van der Waals surface area contributed by atoms with E-state index in [0.29, 0.717) is 6.42 Å². The summed E-state index contributed by atoms with van der Waals surface area (Å²) in [4.78, 5) is 39.5. The van der Waals surface area contributed by atoms with Gasteiger partial charge in [0.2, 0.25) is 12.2 Å². The second-order valence-corrected chi connectivity index (χ2v) is 8.50. The van der Waals surface area contributed by atoms with Crippen molar-refractivity contribution in [3.63, 3.8) is 0 Å². The monoisotopic (exact) mass is 468 g/mol. The van der Waals surface area contributed by atoms with Crippen LogP contribution in [0.3, 0.4) is 0 Å². The van der Waals surface area contributed by atoms with Crippen LogP contribution in [0, 0.1) is 5.92 Å². The molecule has 8 nitrogen and oxygen atoms in total. The van der Waals surface area contributed by atoms with Crippen molar-refractivity contribution < 1.29 is 28.6 Å². The first-order valence-electron chi connectivity index (χ1n) is 11.5. The first-order valence-corrected chi connectivity index (χ1v) is 11.5. The molecule has 0 unspecified atom stereocenters. The SMILES string of the molecule is CCC(=O)O[C@@H]1OCN(C(=O)[C@@H](NC(=O)OCc2ccccc2)C(C)C)[C@H]1Cc1ccccc1. The zero-order valence-electron chi connectivity index (χ0n) is 19.8. The van der Waals surface area contributed by atoms with E-state index in [9.17, 15) is 14.4 Å². The number of hydrogen-bond donors (Lipinski definition) is 1. The zero-order valence-corrected chi connectivity index (χ0v) is 19.8. The second kappa shape index (κ2) is 12.2. The highest BCUT2D eigenvalue weighted by Gasteiger charge is 2.43. The molecule has 0 radical (unpaired) electrons. The van der Waals surface area contributed by atoms with Gasteiger partial charge < -0.3 is 24.4 Å². The highest BCUT2D eigenvalue weighted by atomic mass is 16.7. The number of nitrogens with one attached hydrogen (secondary N) is 1. The third-order valence-electron chi connectivity index (χ3n) is 5.62. The molecule has 2 aromatic carbocycles. The number of alkyl carbamates (subject to hydrolysis) is 1. The molecule has 3 atom stereocenters. The van der Waals surface area contributed by atoms with Gasteiger partial charge in [-0.05, 0) is 23.5 Å². The first-order chi connectivity index (χ1) is 16.4. The molecule has 1 N–H and O–H groups in total. The number of esters is 1. The lowest BCUT2D eigenvalue weighted by Gasteiger charge is -2.30. The summed E-state index contributed by atoms with van der Waals surface area (Å²) in [6.07, 6.45) is -0.911. The van der Waals surface area contributed by atoms with E-state index >= 15 is 0 Å². The fourth-order valence-electron chi connectivity index (χ4n) is 3.71. The number of hydrogen-bond acceptors (Lipinski definition) is 6. The summed E-state index contributed by atoms with van der Waals surface area (Å²) in [6, 6.07) is 17.6. The molecule has 0 aliphatic carbocycles. The number of nitrogens with zero attached hydrogens (tertiary/aromatic N) is 1. The maximum atomic E-state index is 13.5. The topological polar surface area (TPSA) is 94.2 Å². The van der Waals surface area contributed by atoms with Crippen LogP contribution < -0.4 is 5.32 Å². The van der Waals surface area contributed by atoms with Gasteiger partial charge in [-0.15, -0.1) is 0 Å². The molecule has 1 aliphatic heterocycles. The summed E-state index contributed by atoms with van der Waals surface area (Å²) >= 11 is 0. The van der Waals surface area contributed by atoms with Gasteiger partial charge in [-0.3, -0.25) is 9.59 Å². The summed E-state index contributed by atoms with van der Waals surface area (Å²) < 4.78 is 16.5. The summed E-state index contributed by atoms with van der Waals surface area (Å²) in [7, 11) is 0. The molecule has 8 heteroatoms. The summed E-state index contributed by atoms with van der Waals surface area (Å²) in [5, 5.41) is 2.70. The molecule has 1 aliphatic rings. The molecule has 182 valence electrons. The average molecular weight is 469 g/mol. The Morgan fingerprint density at radius 2 is 1.65 bits per heavy atom. The van der Waals surface area contributed by atoms with Crippen LogP contribution in [0.25, 0.3) is 0 Å². The van der Waals surface area contributed by atoms with Gasteiger partial charge in [0.25, 0.3) is 0 Å². The fourth-order valence-corrected chi connectivity index (χ4v) is 3.71. The zero-order chi connectivity index (χ0) is 24.5. The Balaban J connectivity index is 1.71. The van der Waals surface area contributed by atoms with Gasteiger partial charge in [-0.25, -0.2) is 4.79 Å². The van der Waals surface area contributed by atoms with Crippen LogP contribution in [0.2, 0.25) is 0 Å². The molecular weight excluding hydrogens is 436 g/mol. The molecule has 2 aromatic rings. The Morgan fingerprint density at radius 3 is 2.24 bits per heavy atom.